The molecule has 0 radical (unpaired) electrons. The van der Waals surface area contributed by atoms with Crippen LogP contribution in [0, 0.1) is 11.8 Å². The van der Waals surface area contributed by atoms with Gasteiger partial charge in [0.05, 0.1) is 0 Å². The van der Waals surface area contributed by atoms with E-state index in [0.717, 1.165) is 17.3 Å². The Morgan fingerprint density at radius 3 is 2.60 bits per heavy atom. The second kappa shape index (κ2) is 6.93. The predicted octanol–water partition coefficient (Wildman–Crippen LogP) is 3.64. The van der Waals surface area contributed by atoms with Crippen molar-refractivity contribution in [1.82, 2.24) is 0 Å². The van der Waals surface area contributed by atoms with Gasteiger partial charge in [-0.3, -0.25) is 4.79 Å². The lowest BCUT2D eigenvalue weighted by Crippen LogP contribution is -2.05. The molecule has 0 saturated heterocycles. The lowest BCUT2D eigenvalue weighted by Gasteiger charge is -2.05. The molecule has 2 nitrogen and oxygen atoms in total. The monoisotopic (exact) mass is 327 g/mol. The molecule has 3 heteroatoms. The highest BCUT2D eigenvalue weighted by molar-refractivity contribution is 9.09. The normalized spacial score (nSPS) is 9.65. The van der Waals surface area contributed by atoms with Gasteiger partial charge in [-0.2, -0.15) is 0 Å². The van der Waals surface area contributed by atoms with Crippen molar-refractivity contribution in [3.05, 3.63) is 65.2 Å². The van der Waals surface area contributed by atoms with Gasteiger partial charge in [0.15, 0.2) is 5.78 Å². The zero-order valence-electron chi connectivity index (χ0n) is 10.9. The highest BCUT2D eigenvalue weighted by Gasteiger charge is 2.12. The molecule has 2 N–H and O–H groups in total. The number of hydrogen-bond donors (Lipinski definition) is 1. The maximum absolute atomic E-state index is 12.4. The highest BCUT2D eigenvalue weighted by atomic mass is 79.9. The molecule has 2 rings (SSSR count). The summed E-state index contributed by atoms with van der Waals surface area (Å²) >= 11 is 3.33. The topological polar surface area (TPSA) is 43.1 Å². The number of nitrogens with two attached hydrogens (primary N) is 1. The third-order valence-corrected chi connectivity index (χ3v) is 3.18. The number of hydrogen-bond acceptors (Lipinski definition) is 2. The Morgan fingerprint density at radius 1 is 1.15 bits per heavy atom. The summed E-state index contributed by atoms with van der Waals surface area (Å²) in [5.41, 5.74) is 8.32. The SMILES string of the molecule is Nc1ccc(C#CCCBr)cc1C(=O)c1ccccc1. The van der Waals surface area contributed by atoms with Crippen molar-refractivity contribution in [2.45, 2.75) is 6.42 Å². The van der Waals surface area contributed by atoms with Gasteiger partial charge in [-0.15, -0.1) is 0 Å². The lowest BCUT2D eigenvalue weighted by atomic mass is 10.00. The van der Waals surface area contributed by atoms with Crippen molar-refractivity contribution < 1.29 is 4.79 Å². The summed E-state index contributed by atoms with van der Waals surface area (Å²) in [4.78, 5) is 12.4. The molecule has 0 bridgehead atoms. The van der Waals surface area contributed by atoms with Crippen LogP contribution in [0.4, 0.5) is 5.69 Å². The number of carbonyl (C=O) groups excluding carboxylic acids is 1. The molecule has 0 heterocycles. The third-order valence-electron chi connectivity index (χ3n) is 2.79. The molecule has 0 aromatic heterocycles. The quantitative estimate of drug-likeness (QED) is 0.405. The Morgan fingerprint density at radius 2 is 1.90 bits per heavy atom. The van der Waals surface area contributed by atoms with E-state index in [2.05, 4.69) is 27.8 Å². The first-order valence-corrected chi connectivity index (χ1v) is 7.38. The average Bonchev–Trinajstić information content (AvgIpc) is 2.49. The summed E-state index contributed by atoms with van der Waals surface area (Å²) < 4.78 is 0. The van der Waals surface area contributed by atoms with Crippen LogP contribution in [0.3, 0.4) is 0 Å². The first kappa shape index (κ1) is 14.4. The van der Waals surface area contributed by atoms with Crippen LogP contribution < -0.4 is 5.73 Å². The van der Waals surface area contributed by atoms with Crippen LogP contribution in [0.15, 0.2) is 48.5 Å². The summed E-state index contributed by atoms with van der Waals surface area (Å²) in [6.45, 7) is 0. The van der Waals surface area contributed by atoms with Crippen LogP contribution in [0.1, 0.15) is 27.9 Å². The number of alkyl halides is 1. The second-order valence-corrected chi connectivity index (χ2v) is 5.03. The van der Waals surface area contributed by atoms with Crippen molar-refractivity contribution in [1.29, 1.82) is 0 Å². The first-order chi connectivity index (χ1) is 9.72. The van der Waals surface area contributed by atoms with Gasteiger partial charge in [0.25, 0.3) is 0 Å². The fourth-order valence-electron chi connectivity index (χ4n) is 1.79. The van der Waals surface area contributed by atoms with Gasteiger partial charge in [-0.1, -0.05) is 58.1 Å². The van der Waals surface area contributed by atoms with Crippen molar-refractivity contribution in [2.24, 2.45) is 0 Å². The Labute approximate surface area is 127 Å². The highest BCUT2D eigenvalue weighted by Crippen LogP contribution is 2.18. The molecular formula is C17H14BrNO. The number of nitrogen functional groups attached to an aromatic ring is 1. The number of benzene rings is 2. The lowest BCUT2D eigenvalue weighted by molar-refractivity contribution is 0.103. The predicted molar refractivity (Wildman–Crippen MR) is 86.0 cm³/mol. The van der Waals surface area contributed by atoms with Crippen molar-refractivity contribution >= 4 is 27.4 Å². The fraction of sp³-hybridized carbons (Fsp3) is 0.118. The molecule has 0 atom stereocenters. The summed E-state index contributed by atoms with van der Waals surface area (Å²) in [5, 5.41) is 0.838. The van der Waals surface area contributed by atoms with E-state index in [9.17, 15) is 4.79 Å². The van der Waals surface area contributed by atoms with E-state index in [4.69, 9.17) is 5.73 Å². The molecule has 2 aromatic rings. The molecule has 0 saturated carbocycles. The van der Waals surface area contributed by atoms with Gasteiger partial charge in [0.1, 0.15) is 0 Å². The number of carbonyl (C=O) groups is 1. The largest absolute Gasteiger partial charge is 0.398 e. The zero-order valence-corrected chi connectivity index (χ0v) is 12.5. The Kier molecular flexibility index (Phi) is 4.97. The van der Waals surface area contributed by atoms with Gasteiger partial charge in [0.2, 0.25) is 0 Å². The van der Waals surface area contributed by atoms with E-state index >= 15 is 0 Å². The van der Waals surface area contributed by atoms with Crippen molar-refractivity contribution in [3.8, 4) is 11.8 Å². The van der Waals surface area contributed by atoms with Gasteiger partial charge in [-0.25, -0.2) is 0 Å². The summed E-state index contributed by atoms with van der Waals surface area (Å²) in [7, 11) is 0. The van der Waals surface area contributed by atoms with E-state index in [-0.39, 0.29) is 5.78 Å². The first-order valence-electron chi connectivity index (χ1n) is 6.26. The number of rotatable bonds is 3. The molecule has 0 unspecified atom stereocenters. The van der Waals surface area contributed by atoms with Gasteiger partial charge in [0, 0.05) is 34.1 Å². The van der Waals surface area contributed by atoms with Crippen LogP contribution in [0.5, 0.6) is 0 Å². The second-order valence-electron chi connectivity index (χ2n) is 4.24. The number of anilines is 1. The van der Waals surface area contributed by atoms with Gasteiger partial charge >= 0.3 is 0 Å². The Bertz CT molecular complexity index is 668. The van der Waals surface area contributed by atoms with Crippen LogP contribution >= 0.6 is 15.9 Å². The smallest absolute Gasteiger partial charge is 0.195 e. The van der Waals surface area contributed by atoms with Gasteiger partial charge in [-0.05, 0) is 18.2 Å². The van der Waals surface area contributed by atoms with Crippen LogP contribution in [0.2, 0.25) is 0 Å². The fourth-order valence-corrected chi connectivity index (χ4v) is 1.99. The van der Waals surface area contributed by atoms with Crippen LogP contribution in [0.25, 0.3) is 0 Å². The molecule has 100 valence electrons. The Balaban J connectivity index is 2.35. The van der Waals surface area contributed by atoms with Crippen LogP contribution in [-0.4, -0.2) is 11.1 Å². The summed E-state index contributed by atoms with van der Waals surface area (Å²) in [6, 6.07) is 14.4. The molecule has 0 aliphatic rings. The molecule has 0 spiro atoms. The molecule has 0 amide bonds. The van der Waals surface area contributed by atoms with Crippen LogP contribution in [-0.2, 0) is 0 Å². The molecule has 0 fully saturated rings. The maximum atomic E-state index is 12.4. The molecule has 20 heavy (non-hydrogen) atoms. The van der Waals surface area contributed by atoms with Crippen molar-refractivity contribution in [2.75, 3.05) is 11.1 Å². The van der Waals surface area contributed by atoms with Gasteiger partial charge < -0.3 is 5.73 Å². The zero-order chi connectivity index (χ0) is 14.4. The molecule has 0 aliphatic carbocycles. The molecule has 2 aromatic carbocycles. The average molecular weight is 328 g/mol. The summed E-state index contributed by atoms with van der Waals surface area (Å²) in [6.07, 6.45) is 0.770. The standard InChI is InChI=1S/C17H14BrNO/c18-11-5-4-6-13-9-10-16(19)15(12-13)17(20)14-7-2-1-3-8-14/h1-3,7-10,12H,5,11,19H2. The van der Waals surface area contributed by atoms with E-state index in [1.165, 1.54) is 0 Å². The third kappa shape index (κ3) is 3.49. The number of halogens is 1. The van der Waals surface area contributed by atoms with E-state index in [1.807, 2.05) is 24.3 Å². The molecular weight excluding hydrogens is 314 g/mol. The molecule has 0 aliphatic heterocycles. The minimum absolute atomic E-state index is 0.0766. The van der Waals surface area contributed by atoms with Crippen molar-refractivity contribution in [3.63, 3.8) is 0 Å². The Hall–Kier alpha value is -2.05. The van der Waals surface area contributed by atoms with E-state index < -0.39 is 0 Å². The summed E-state index contributed by atoms with van der Waals surface area (Å²) in [5.74, 6) is 5.98. The number of ketones is 1. The maximum Gasteiger partial charge on any atom is 0.195 e. The van der Waals surface area contributed by atoms with E-state index in [1.54, 1.807) is 24.3 Å². The van der Waals surface area contributed by atoms with E-state index in [0.29, 0.717) is 16.8 Å². The minimum atomic E-state index is -0.0766. The minimum Gasteiger partial charge on any atom is -0.398 e.